The number of amidine groups is 1. The van der Waals surface area contributed by atoms with Crippen LogP contribution in [0, 0.1) is 0 Å². The van der Waals surface area contributed by atoms with Crippen molar-refractivity contribution >= 4 is 46.5 Å². The number of carbonyl (C=O) groups is 1. The lowest BCUT2D eigenvalue weighted by Crippen LogP contribution is -2.50. The standard InChI is InChI=1S/C24H30ClN5O2S/c1-24(2,3)32-23(31)30-13-11-29(12-14-30)20-10-9-19(21(25)15-20)16-27-28-22(26)33-17-18-7-5-4-6-8-18/h4-10,15-16H,11-14,17H2,1-3H3,(H2,26,28). The van der Waals surface area contributed by atoms with Gasteiger partial charge in [-0.1, -0.05) is 53.7 Å². The van der Waals surface area contributed by atoms with Gasteiger partial charge in [-0.2, -0.15) is 5.10 Å². The molecule has 33 heavy (non-hydrogen) atoms. The predicted octanol–water partition coefficient (Wildman–Crippen LogP) is 4.98. The Hall–Kier alpha value is -2.71. The summed E-state index contributed by atoms with van der Waals surface area (Å²) in [5.74, 6) is 0.738. The first-order valence-electron chi connectivity index (χ1n) is 10.8. The number of piperazine rings is 1. The van der Waals surface area contributed by atoms with E-state index in [0.717, 1.165) is 17.0 Å². The van der Waals surface area contributed by atoms with Crippen molar-refractivity contribution < 1.29 is 9.53 Å². The topological polar surface area (TPSA) is 83.5 Å². The Bertz CT molecular complexity index is 1000. The molecule has 2 N–H and O–H groups in total. The van der Waals surface area contributed by atoms with Gasteiger partial charge in [0, 0.05) is 43.2 Å². The van der Waals surface area contributed by atoms with Crippen molar-refractivity contribution in [2.75, 3.05) is 31.1 Å². The van der Waals surface area contributed by atoms with Crippen LogP contribution in [0.15, 0.2) is 58.7 Å². The highest BCUT2D eigenvalue weighted by atomic mass is 35.5. The van der Waals surface area contributed by atoms with E-state index in [1.54, 1.807) is 11.1 Å². The molecule has 0 unspecified atom stereocenters. The fourth-order valence-corrected chi connectivity index (χ4v) is 4.03. The molecule has 0 saturated carbocycles. The van der Waals surface area contributed by atoms with Crippen LogP contribution in [0.4, 0.5) is 10.5 Å². The SMILES string of the molecule is CC(C)(C)OC(=O)N1CCN(c2ccc(C=NN=C(N)SCc3ccccc3)c(Cl)c2)CC1. The molecule has 1 fully saturated rings. The lowest BCUT2D eigenvalue weighted by Gasteiger charge is -2.36. The van der Waals surface area contributed by atoms with Crippen molar-refractivity contribution in [1.82, 2.24) is 4.90 Å². The van der Waals surface area contributed by atoms with Crippen molar-refractivity contribution in [2.24, 2.45) is 15.9 Å². The number of rotatable bonds is 5. The fourth-order valence-electron chi connectivity index (χ4n) is 3.20. The number of halogens is 1. The number of nitrogens with zero attached hydrogens (tertiary/aromatic N) is 4. The van der Waals surface area contributed by atoms with Crippen LogP contribution in [-0.4, -0.2) is 54.2 Å². The van der Waals surface area contributed by atoms with E-state index in [1.807, 2.05) is 69.3 Å². The number of benzene rings is 2. The summed E-state index contributed by atoms with van der Waals surface area (Å²) >= 11 is 7.90. The fraction of sp³-hybridized carbons (Fsp3) is 0.375. The summed E-state index contributed by atoms with van der Waals surface area (Å²) in [5.41, 5.74) is 8.38. The zero-order valence-electron chi connectivity index (χ0n) is 19.2. The minimum absolute atomic E-state index is 0.270. The Kier molecular flexibility index (Phi) is 8.63. The lowest BCUT2D eigenvalue weighted by molar-refractivity contribution is 0.0240. The van der Waals surface area contributed by atoms with Crippen LogP contribution in [0.25, 0.3) is 0 Å². The van der Waals surface area contributed by atoms with Gasteiger partial charge in [0.05, 0.1) is 11.2 Å². The number of hydrogen-bond acceptors (Lipinski definition) is 6. The molecule has 0 aromatic heterocycles. The molecule has 1 aliphatic rings. The molecule has 0 atom stereocenters. The van der Waals surface area contributed by atoms with Gasteiger partial charge >= 0.3 is 6.09 Å². The first kappa shape index (κ1) is 24.9. The van der Waals surface area contributed by atoms with E-state index in [0.29, 0.717) is 36.4 Å². The maximum absolute atomic E-state index is 12.2. The van der Waals surface area contributed by atoms with Gasteiger partial charge in [-0.05, 0) is 44.5 Å². The van der Waals surface area contributed by atoms with Crippen LogP contribution in [0.5, 0.6) is 0 Å². The normalized spacial score (nSPS) is 15.2. The Labute approximate surface area is 204 Å². The quantitative estimate of drug-likeness (QED) is 0.365. The number of ether oxygens (including phenoxy) is 1. The molecule has 2 aromatic rings. The smallest absolute Gasteiger partial charge is 0.410 e. The minimum Gasteiger partial charge on any atom is -0.444 e. The molecule has 1 amide bonds. The average molecular weight is 488 g/mol. The van der Waals surface area contributed by atoms with E-state index in [2.05, 4.69) is 15.1 Å². The Balaban J connectivity index is 1.52. The molecule has 0 bridgehead atoms. The summed E-state index contributed by atoms with van der Waals surface area (Å²) < 4.78 is 5.46. The highest BCUT2D eigenvalue weighted by molar-refractivity contribution is 8.13. The third-order valence-corrected chi connectivity index (χ3v) is 6.05. The lowest BCUT2D eigenvalue weighted by atomic mass is 10.2. The van der Waals surface area contributed by atoms with Crippen LogP contribution in [0.3, 0.4) is 0 Å². The number of nitrogens with two attached hydrogens (primary N) is 1. The summed E-state index contributed by atoms with van der Waals surface area (Å²) in [6, 6.07) is 15.9. The summed E-state index contributed by atoms with van der Waals surface area (Å²) in [6.45, 7) is 8.24. The van der Waals surface area contributed by atoms with Gasteiger partial charge in [-0.3, -0.25) is 0 Å². The highest BCUT2D eigenvalue weighted by Crippen LogP contribution is 2.24. The second-order valence-electron chi connectivity index (χ2n) is 8.62. The van der Waals surface area contributed by atoms with Crippen molar-refractivity contribution in [3.05, 3.63) is 64.7 Å². The number of carbonyl (C=O) groups excluding carboxylic acids is 1. The molecule has 176 valence electrons. The highest BCUT2D eigenvalue weighted by Gasteiger charge is 2.26. The Morgan fingerprint density at radius 2 is 1.85 bits per heavy atom. The van der Waals surface area contributed by atoms with E-state index < -0.39 is 5.60 Å². The largest absolute Gasteiger partial charge is 0.444 e. The Morgan fingerprint density at radius 3 is 2.48 bits per heavy atom. The summed E-state index contributed by atoms with van der Waals surface area (Å²) in [7, 11) is 0. The van der Waals surface area contributed by atoms with Gasteiger partial charge < -0.3 is 20.3 Å². The molecule has 2 aromatic carbocycles. The van der Waals surface area contributed by atoms with Crippen LogP contribution in [-0.2, 0) is 10.5 Å². The summed E-state index contributed by atoms with van der Waals surface area (Å²) in [5, 5.41) is 9.10. The minimum atomic E-state index is -0.492. The number of hydrogen-bond donors (Lipinski definition) is 1. The molecular weight excluding hydrogens is 458 g/mol. The first-order valence-corrected chi connectivity index (χ1v) is 12.1. The maximum Gasteiger partial charge on any atom is 0.410 e. The molecule has 1 heterocycles. The van der Waals surface area contributed by atoms with Crippen molar-refractivity contribution in [2.45, 2.75) is 32.1 Å². The first-order chi connectivity index (χ1) is 15.7. The summed E-state index contributed by atoms with van der Waals surface area (Å²) in [4.78, 5) is 16.2. The predicted molar refractivity (Wildman–Crippen MR) is 138 cm³/mol. The second kappa shape index (κ2) is 11.4. The zero-order valence-corrected chi connectivity index (χ0v) is 20.8. The molecule has 7 nitrogen and oxygen atoms in total. The maximum atomic E-state index is 12.2. The summed E-state index contributed by atoms with van der Waals surface area (Å²) in [6.07, 6.45) is 1.33. The van der Waals surface area contributed by atoms with Crippen LogP contribution in [0.2, 0.25) is 5.02 Å². The molecule has 0 spiro atoms. The van der Waals surface area contributed by atoms with E-state index >= 15 is 0 Å². The van der Waals surface area contributed by atoms with Gasteiger partial charge in [-0.25, -0.2) is 4.79 Å². The monoisotopic (exact) mass is 487 g/mol. The van der Waals surface area contributed by atoms with E-state index in [-0.39, 0.29) is 6.09 Å². The Morgan fingerprint density at radius 1 is 1.15 bits per heavy atom. The molecule has 1 saturated heterocycles. The van der Waals surface area contributed by atoms with Crippen LogP contribution < -0.4 is 10.6 Å². The molecule has 9 heteroatoms. The van der Waals surface area contributed by atoms with Crippen LogP contribution >= 0.6 is 23.4 Å². The van der Waals surface area contributed by atoms with Crippen molar-refractivity contribution in [3.8, 4) is 0 Å². The molecular formula is C24H30ClN5O2S. The molecule has 1 aliphatic heterocycles. The third kappa shape index (κ3) is 7.98. The van der Waals surface area contributed by atoms with Gasteiger partial charge in [-0.15, -0.1) is 5.10 Å². The van der Waals surface area contributed by atoms with E-state index in [1.165, 1.54) is 17.3 Å². The zero-order chi connectivity index (χ0) is 23.8. The number of amides is 1. The second-order valence-corrected chi connectivity index (χ2v) is 10.0. The van der Waals surface area contributed by atoms with Gasteiger partial charge in [0.25, 0.3) is 0 Å². The van der Waals surface area contributed by atoms with Crippen molar-refractivity contribution in [1.29, 1.82) is 0 Å². The van der Waals surface area contributed by atoms with Crippen molar-refractivity contribution in [3.63, 3.8) is 0 Å². The van der Waals surface area contributed by atoms with E-state index in [9.17, 15) is 4.79 Å². The number of thioether (sulfide) groups is 1. The third-order valence-electron chi connectivity index (χ3n) is 4.86. The molecule has 0 radical (unpaired) electrons. The van der Waals surface area contributed by atoms with Crippen LogP contribution in [0.1, 0.15) is 31.9 Å². The number of anilines is 1. The van der Waals surface area contributed by atoms with Gasteiger partial charge in [0.1, 0.15) is 5.60 Å². The van der Waals surface area contributed by atoms with Gasteiger partial charge in [0.2, 0.25) is 0 Å². The molecule has 0 aliphatic carbocycles. The average Bonchev–Trinajstić information content (AvgIpc) is 2.78. The van der Waals surface area contributed by atoms with Gasteiger partial charge in [0.15, 0.2) is 5.17 Å². The van der Waals surface area contributed by atoms with E-state index in [4.69, 9.17) is 22.1 Å². The molecule has 3 rings (SSSR count).